The molecule has 9 heteroatoms. The van der Waals surface area contributed by atoms with Crippen LogP contribution in [0.25, 0.3) is 0 Å². The molecule has 2 saturated heterocycles. The highest BCUT2D eigenvalue weighted by molar-refractivity contribution is 5.98. The summed E-state index contributed by atoms with van der Waals surface area (Å²) in [6, 6.07) is 0. The van der Waals surface area contributed by atoms with Crippen molar-refractivity contribution in [1.82, 2.24) is 24.9 Å². The Labute approximate surface area is 160 Å². The number of hydrogen-bond donors (Lipinski definition) is 1. The fourth-order valence-electron chi connectivity index (χ4n) is 3.49. The number of nitrogens with one attached hydrogen (secondary N) is 1. The predicted octanol–water partition coefficient (Wildman–Crippen LogP) is 0.0467. The van der Waals surface area contributed by atoms with Crippen LogP contribution in [0.4, 0.5) is 5.69 Å². The van der Waals surface area contributed by atoms with E-state index in [0.29, 0.717) is 25.6 Å². The number of likely N-dealkylation sites (tertiary alicyclic amines) is 1. The van der Waals surface area contributed by atoms with Gasteiger partial charge in [0.1, 0.15) is 13.1 Å². The highest BCUT2D eigenvalue weighted by Crippen LogP contribution is 2.16. The molecule has 1 aromatic heterocycles. The molecule has 1 aromatic rings. The Bertz CT molecular complexity index is 694. The van der Waals surface area contributed by atoms with Crippen LogP contribution < -0.4 is 10.2 Å². The Morgan fingerprint density at radius 3 is 2.59 bits per heavy atom. The maximum atomic E-state index is 12.6. The van der Waals surface area contributed by atoms with E-state index < -0.39 is 0 Å². The second-order valence-electron chi connectivity index (χ2n) is 6.95. The van der Waals surface area contributed by atoms with Crippen molar-refractivity contribution in [3.05, 3.63) is 12.4 Å². The molecule has 9 nitrogen and oxygen atoms in total. The number of rotatable bonds is 4. The van der Waals surface area contributed by atoms with Crippen LogP contribution in [0.2, 0.25) is 0 Å². The first kappa shape index (κ1) is 19.2. The summed E-state index contributed by atoms with van der Waals surface area (Å²) in [6.45, 7) is 5.90. The number of carbonyl (C=O) groups excluding carboxylic acids is 2. The number of hydrogen-bond acceptors (Lipinski definition) is 4. The molecule has 0 bridgehead atoms. The van der Waals surface area contributed by atoms with E-state index in [1.165, 1.54) is 6.42 Å². The molecule has 27 heavy (non-hydrogen) atoms. The van der Waals surface area contributed by atoms with Gasteiger partial charge in [-0.1, -0.05) is 0 Å². The summed E-state index contributed by atoms with van der Waals surface area (Å²) in [5.41, 5.74) is 0.810. The largest absolute Gasteiger partial charge is 0.356 e. The third-order valence-electron chi connectivity index (χ3n) is 4.93. The lowest BCUT2D eigenvalue weighted by Gasteiger charge is -2.35. The molecule has 2 aliphatic rings. The van der Waals surface area contributed by atoms with Crippen molar-refractivity contribution in [2.75, 3.05) is 50.7 Å². The van der Waals surface area contributed by atoms with E-state index in [0.717, 1.165) is 31.6 Å². The van der Waals surface area contributed by atoms with Gasteiger partial charge in [-0.05, 0) is 26.2 Å². The number of aromatic nitrogens is 2. The van der Waals surface area contributed by atoms with Crippen LogP contribution in [0.15, 0.2) is 17.4 Å². The summed E-state index contributed by atoms with van der Waals surface area (Å²) < 4.78 is 1.69. The lowest BCUT2D eigenvalue weighted by Crippen LogP contribution is -2.55. The van der Waals surface area contributed by atoms with Gasteiger partial charge >= 0.3 is 0 Å². The molecular formula is C18H29N7O2. The molecule has 3 heterocycles. The SMILES string of the molecule is CCNC(=NCC(=O)N1CCCCC1)N1CCN(c2cnn(C)c2)C(=O)C1. The average Bonchev–Trinajstić information content (AvgIpc) is 3.11. The zero-order valence-corrected chi connectivity index (χ0v) is 16.2. The zero-order chi connectivity index (χ0) is 19.2. The minimum Gasteiger partial charge on any atom is -0.356 e. The fourth-order valence-corrected chi connectivity index (χ4v) is 3.49. The number of piperazine rings is 1. The lowest BCUT2D eigenvalue weighted by molar-refractivity contribution is -0.130. The van der Waals surface area contributed by atoms with Gasteiger partial charge in [-0.25, -0.2) is 4.99 Å². The van der Waals surface area contributed by atoms with E-state index >= 15 is 0 Å². The maximum absolute atomic E-state index is 12.6. The highest BCUT2D eigenvalue weighted by Gasteiger charge is 2.28. The topological polar surface area (TPSA) is 86.1 Å². The van der Waals surface area contributed by atoms with Crippen LogP contribution in [0.5, 0.6) is 0 Å². The minimum atomic E-state index is 0.00205. The average molecular weight is 375 g/mol. The third-order valence-corrected chi connectivity index (χ3v) is 4.93. The first-order valence-corrected chi connectivity index (χ1v) is 9.68. The Balaban J connectivity index is 1.61. The zero-order valence-electron chi connectivity index (χ0n) is 16.2. The maximum Gasteiger partial charge on any atom is 0.246 e. The number of amides is 2. The monoisotopic (exact) mass is 375 g/mol. The molecule has 0 aromatic carbocycles. The van der Waals surface area contributed by atoms with Gasteiger partial charge in [0.2, 0.25) is 11.8 Å². The van der Waals surface area contributed by atoms with Crippen molar-refractivity contribution in [2.24, 2.45) is 12.0 Å². The van der Waals surface area contributed by atoms with Crippen LogP contribution in [0.1, 0.15) is 26.2 Å². The van der Waals surface area contributed by atoms with E-state index in [4.69, 9.17) is 0 Å². The van der Waals surface area contributed by atoms with Crippen LogP contribution in [0.3, 0.4) is 0 Å². The standard InChI is InChI=1S/C18H29N7O2/c1-3-19-18(20-12-16(26)23-7-5-4-6-8-23)24-9-10-25(17(27)14-24)15-11-21-22(2)13-15/h11,13H,3-10,12,14H2,1-2H3,(H,19,20). The lowest BCUT2D eigenvalue weighted by atomic mass is 10.1. The molecule has 0 unspecified atom stereocenters. The van der Waals surface area contributed by atoms with Crippen molar-refractivity contribution in [3.63, 3.8) is 0 Å². The minimum absolute atomic E-state index is 0.00205. The number of anilines is 1. The van der Waals surface area contributed by atoms with Gasteiger partial charge in [-0.3, -0.25) is 14.3 Å². The van der Waals surface area contributed by atoms with Gasteiger partial charge < -0.3 is 20.0 Å². The summed E-state index contributed by atoms with van der Waals surface area (Å²) in [4.78, 5) is 35.0. The molecule has 1 N–H and O–H groups in total. The fraction of sp³-hybridized carbons (Fsp3) is 0.667. The van der Waals surface area contributed by atoms with E-state index in [-0.39, 0.29) is 24.9 Å². The third kappa shape index (κ3) is 4.78. The summed E-state index contributed by atoms with van der Waals surface area (Å²) in [5.74, 6) is 0.690. The Morgan fingerprint density at radius 2 is 1.96 bits per heavy atom. The molecule has 0 aliphatic carbocycles. The smallest absolute Gasteiger partial charge is 0.246 e. The first-order valence-electron chi connectivity index (χ1n) is 9.68. The van der Waals surface area contributed by atoms with Crippen LogP contribution in [-0.2, 0) is 16.6 Å². The second kappa shape index (κ2) is 8.88. The Kier molecular flexibility index (Phi) is 6.31. The molecule has 2 aliphatic heterocycles. The molecule has 2 fully saturated rings. The van der Waals surface area contributed by atoms with Crippen molar-refractivity contribution >= 4 is 23.5 Å². The van der Waals surface area contributed by atoms with Gasteiger partial charge in [0, 0.05) is 46.0 Å². The number of piperidine rings is 1. The quantitative estimate of drug-likeness (QED) is 0.594. The molecule has 2 amide bonds. The number of aliphatic imine (C=N–C) groups is 1. The van der Waals surface area contributed by atoms with Crippen molar-refractivity contribution in [3.8, 4) is 0 Å². The number of guanidine groups is 1. The number of aryl methyl sites for hydroxylation is 1. The predicted molar refractivity (Wildman–Crippen MR) is 104 cm³/mol. The molecule has 148 valence electrons. The molecule has 0 saturated carbocycles. The van der Waals surface area contributed by atoms with Crippen LogP contribution in [-0.4, -0.2) is 83.2 Å². The second-order valence-corrected chi connectivity index (χ2v) is 6.95. The molecule has 3 rings (SSSR count). The number of carbonyl (C=O) groups is 2. The highest BCUT2D eigenvalue weighted by atomic mass is 16.2. The number of nitrogens with zero attached hydrogens (tertiary/aromatic N) is 6. The van der Waals surface area contributed by atoms with E-state index in [1.54, 1.807) is 15.8 Å². The molecule has 0 spiro atoms. The van der Waals surface area contributed by atoms with Gasteiger partial charge in [0.15, 0.2) is 5.96 Å². The molecular weight excluding hydrogens is 346 g/mol. The van der Waals surface area contributed by atoms with E-state index in [2.05, 4.69) is 15.4 Å². The van der Waals surface area contributed by atoms with Gasteiger partial charge in [0.25, 0.3) is 0 Å². The van der Waals surface area contributed by atoms with Gasteiger partial charge in [-0.15, -0.1) is 0 Å². The van der Waals surface area contributed by atoms with Crippen molar-refractivity contribution < 1.29 is 9.59 Å². The summed E-state index contributed by atoms with van der Waals surface area (Å²) in [5, 5.41) is 7.34. The molecule has 0 atom stereocenters. The molecule has 0 radical (unpaired) electrons. The Hall–Kier alpha value is -2.58. The summed E-state index contributed by atoms with van der Waals surface area (Å²) >= 11 is 0. The summed E-state index contributed by atoms with van der Waals surface area (Å²) in [7, 11) is 1.83. The van der Waals surface area contributed by atoms with E-state index in [9.17, 15) is 9.59 Å². The van der Waals surface area contributed by atoms with Gasteiger partial charge in [0.05, 0.1) is 11.9 Å². The van der Waals surface area contributed by atoms with Gasteiger partial charge in [-0.2, -0.15) is 5.10 Å². The van der Waals surface area contributed by atoms with E-state index in [1.807, 2.05) is 30.0 Å². The Morgan fingerprint density at radius 1 is 1.19 bits per heavy atom. The van der Waals surface area contributed by atoms with Crippen molar-refractivity contribution in [2.45, 2.75) is 26.2 Å². The van der Waals surface area contributed by atoms with Crippen LogP contribution >= 0.6 is 0 Å². The normalized spacial score (nSPS) is 18.8. The first-order chi connectivity index (χ1) is 13.1. The van der Waals surface area contributed by atoms with Crippen molar-refractivity contribution in [1.29, 1.82) is 0 Å². The summed E-state index contributed by atoms with van der Waals surface area (Å²) in [6.07, 6.45) is 6.87. The van der Waals surface area contributed by atoms with Crippen LogP contribution in [0, 0.1) is 0 Å².